The van der Waals surface area contributed by atoms with Crippen molar-refractivity contribution in [1.82, 2.24) is 9.88 Å². The zero-order chi connectivity index (χ0) is 31.3. The van der Waals surface area contributed by atoms with Crippen LogP contribution in [0.5, 0.6) is 0 Å². The maximum atomic E-state index is 14.1. The zero-order valence-corrected chi connectivity index (χ0v) is 26.7. The first-order chi connectivity index (χ1) is 22.0. The van der Waals surface area contributed by atoms with Crippen LogP contribution in [-0.4, -0.2) is 47.0 Å². The van der Waals surface area contributed by atoms with Gasteiger partial charge in [0.15, 0.2) is 6.10 Å². The summed E-state index contributed by atoms with van der Waals surface area (Å²) >= 11 is 1.44. The van der Waals surface area contributed by atoms with Gasteiger partial charge in [0.05, 0.1) is 23.3 Å². The van der Waals surface area contributed by atoms with Gasteiger partial charge in [-0.05, 0) is 56.2 Å². The van der Waals surface area contributed by atoms with Crippen LogP contribution in [0.15, 0.2) is 54.6 Å². The van der Waals surface area contributed by atoms with Crippen molar-refractivity contribution >= 4 is 45.1 Å². The average Bonchev–Trinajstić information content (AvgIpc) is 3.22. The Labute approximate surface area is 267 Å². The van der Waals surface area contributed by atoms with E-state index in [1.807, 2.05) is 49.4 Å². The Bertz CT molecular complexity index is 1720. The Hall–Kier alpha value is -4.08. The van der Waals surface area contributed by atoms with Gasteiger partial charge in [0.25, 0.3) is 5.91 Å². The van der Waals surface area contributed by atoms with Gasteiger partial charge in [-0.2, -0.15) is 0 Å². The zero-order valence-electron chi connectivity index (χ0n) is 25.9. The molecule has 1 aliphatic heterocycles. The van der Waals surface area contributed by atoms with Crippen LogP contribution in [0, 0.1) is 0 Å². The second-order valence-electron chi connectivity index (χ2n) is 11.7. The lowest BCUT2D eigenvalue weighted by Gasteiger charge is -2.30. The fourth-order valence-electron chi connectivity index (χ4n) is 6.41. The molecule has 45 heavy (non-hydrogen) atoms. The quantitative estimate of drug-likeness (QED) is 0.160. The molecule has 1 N–H and O–H groups in total. The van der Waals surface area contributed by atoms with E-state index in [1.54, 1.807) is 6.92 Å². The molecule has 0 fully saturated rings. The van der Waals surface area contributed by atoms with Gasteiger partial charge in [-0.3, -0.25) is 14.7 Å². The molecule has 1 aliphatic carbocycles. The van der Waals surface area contributed by atoms with E-state index in [0.717, 1.165) is 72.4 Å². The van der Waals surface area contributed by atoms with Gasteiger partial charge in [0.2, 0.25) is 0 Å². The van der Waals surface area contributed by atoms with Crippen LogP contribution in [0.4, 0.5) is 5.00 Å². The molecule has 0 spiro atoms. The lowest BCUT2D eigenvalue weighted by atomic mass is 9.95. The van der Waals surface area contributed by atoms with Gasteiger partial charge < -0.3 is 14.8 Å². The number of esters is 2. The van der Waals surface area contributed by atoms with Crippen molar-refractivity contribution in [3.8, 4) is 0 Å². The third-order valence-corrected chi connectivity index (χ3v) is 9.84. The first-order valence-corrected chi connectivity index (χ1v) is 16.8. The molecule has 1 atom stereocenters. The molecule has 2 aromatic heterocycles. The van der Waals surface area contributed by atoms with E-state index in [2.05, 4.69) is 22.3 Å². The first kappa shape index (κ1) is 30.9. The molecule has 6 rings (SSSR count). The number of aromatic nitrogens is 1. The van der Waals surface area contributed by atoms with Crippen molar-refractivity contribution in [3.63, 3.8) is 0 Å². The Morgan fingerprint density at radius 1 is 0.911 bits per heavy atom. The van der Waals surface area contributed by atoms with Gasteiger partial charge in [-0.25, -0.2) is 9.59 Å². The van der Waals surface area contributed by atoms with Crippen LogP contribution < -0.4 is 5.32 Å². The molecule has 3 heterocycles. The van der Waals surface area contributed by atoms with Gasteiger partial charge >= 0.3 is 11.9 Å². The highest BCUT2D eigenvalue weighted by atomic mass is 32.1. The molecule has 1 unspecified atom stereocenters. The number of rotatable bonds is 9. The third-order valence-electron chi connectivity index (χ3n) is 8.63. The number of carbonyl (C=O) groups excluding carboxylic acids is 3. The second-order valence-corrected chi connectivity index (χ2v) is 12.8. The van der Waals surface area contributed by atoms with Crippen LogP contribution in [0.25, 0.3) is 10.9 Å². The molecule has 0 saturated carbocycles. The topological polar surface area (TPSA) is 97.8 Å². The number of nitrogens with zero attached hydrogens (tertiary/aromatic N) is 2. The van der Waals surface area contributed by atoms with Crippen molar-refractivity contribution in [1.29, 1.82) is 0 Å². The van der Waals surface area contributed by atoms with E-state index < -0.39 is 23.9 Å². The van der Waals surface area contributed by atoms with Crippen LogP contribution in [-0.2, 0) is 46.6 Å². The Morgan fingerprint density at radius 2 is 1.69 bits per heavy atom. The monoisotopic (exact) mass is 625 g/mol. The minimum atomic E-state index is -1.04. The Kier molecular flexibility index (Phi) is 9.56. The number of hydrogen-bond acceptors (Lipinski definition) is 8. The molecule has 0 saturated heterocycles. The third kappa shape index (κ3) is 6.65. The van der Waals surface area contributed by atoms with Crippen LogP contribution in [0.1, 0.15) is 87.5 Å². The summed E-state index contributed by atoms with van der Waals surface area (Å²) in [6.45, 7) is 5.98. The molecule has 1 amide bonds. The number of amides is 1. The highest BCUT2D eigenvalue weighted by molar-refractivity contribution is 7.17. The number of nitrogens with one attached hydrogen (secondary N) is 1. The smallest absolute Gasteiger partial charge is 0.341 e. The van der Waals surface area contributed by atoms with Crippen LogP contribution in [0.2, 0.25) is 0 Å². The fourth-order valence-corrected chi connectivity index (χ4v) is 7.69. The molecule has 4 aromatic rings. The van der Waals surface area contributed by atoms with E-state index in [9.17, 15) is 14.4 Å². The molecular weight excluding hydrogens is 586 g/mol. The van der Waals surface area contributed by atoms with E-state index in [0.29, 0.717) is 34.5 Å². The Morgan fingerprint density at radius 3 is 2.49 bits per heavy atom. The molecule has 8 nitrogen and oxygen atoms in total. The standard InChI is InChI=1S/C36H39N3O5S/c1-3-29(33(40)38-34-32(35(41)43-4-2)25-16-9-6-10-18-30(25)45-34)44-36(42)31-24-15-11-12-17-27(24)37-28-19-20-39(22-26(28)31)21-23-13-7-5-8-14-23/h5,7-8,11-15,17,29H,3-4,6,9-10,16,18-22H2,1-2H3,(H,38,40). The number of pyridine rings is 1. The van der Waals surface area contributed by atoms with Crippen molar-refractivity contribution < 1.29 is 23.9 Å². The number of ether oxygens (including phenoxy) is 2. The highest BCUT2D eigenvalue weighted by Gasteiger charge is 2.32. The summed E-state index contributed by atoms with van der Waals surface area (Å²) in [5.41, 5.74) is 5.57. The van der Waals surface area contributed by atoms with E-state index in [-0.39, 0.29) is 13.0 Å². The van der Waals surface area contributed by atoms with Crippen molar-refractivity contribution in [2.75, 3.05) is 18.5 Å². The number of aryl methyl sites for hydroxylation is 1. The van der Waals surface area contributed by atoms with Gasteiger partial charge in [0, 0.05) is 47.6 Å². The largest absolute Gasteiger partial charge is 0.462 e. The molecular formula is C36H39N3O5S. The summed E-state index contributed by atoms with van der Waals surface area (Å²) < 4.78 is 11.4. The maximum Gasteiger partial charge on any atom is 0.341 e. The van der Waals surface area contributed by atoms with E-state index in [4.69, 9.17) is 14.5 Å². The van der Waals surface area contributed by atoms with Gasteiger partial charge in [0.1, 0.15) is 5.00 Å². The minimum absolute atomic E-state index is 0.249. The lowest BCUT2D eigenvalue weighted by Crippen LogP contribution is -2.35. The summed E-state index contributed by atoms with van der Waals surface area (Å²) in [6, 6.07) is 17.9. The number of hydrogen-bond donors (Lipinski definition) is 1. The Balaban J connectivity index is 1.27. The van der Waals surface area contributed by atoms with Crippen molar-refractivity contribution in [3.05, 3.63) is 93.0 Å². The van der Waals surface area contributed by atoms with Crippen LogP contribution >= 0.6 is 11.3 Å². The average molecular weight is 626 g/mol. The summed E-state index contributed by atoms with van der Waals surface area (Å²) in [5.74, 6) is -1.42. The normalized spacial score (nSPS) is 15.4. The van der Waals surface area contributed by atoms with Crippen molar-refractivity contribution in [2.24, 2.45) is 0 Å². The number of carbonyl (C=O) groups is 3. The van der Waals surface area contributed by atoms with E-state index >= 15 is 0 Å². The van der Waals surface area contributed by atoms with Crippen molar-refractivity contribution in [2.45, 2.75) is 78.0 Å². The first-order valence-electron chi connectivity index (χ1n) is 16.0. The van der Waals surface area contributed by atoms with Crippen LogP contribution in [0.3, 0.4) is 0 Å². The summed E-state index contributed by atoms with van der Waals surface area (Å²) in [5, 5.41) is 4.14. The molecule has 9 heteroatoms. The lowest BCUT2D eigenvalue weighted by molar-refractivity contribution is -0.124. The minimum Gasteiger partial charge on any atom is -0.462 e. The molecule has 234 valence electrons. The number of para-hydroxylation sites is 1. The summed E-state index contributed by atoms with van der Waals surface area (Å²) in [7, 11) is 0. The number of thiophene rings is 1. The fraction of sp³-hybridized carbons (Fsp3) is 0.389. The predicted octanol–water partition coefficient (Wildman–Crippen LogP) is 6.87. The SMILES string of the molecule is CCOC(=O)c1c(NC(=O)C(CC)OC(=O)c2c3c(nc4ccccc24)CCN(Cc2ccccc2)C3)sc2c1CCCCC2. The molecule has 2 aliphatic rings. The number of fused-ring (bicyclic) bond motifs is 3. The molecule has 2 aromatic carbocycles. The summed E-state index contributed by atoms with van der Waals surface area (Å²) in [4.78, 5) is 49.1. The molecule has 0 radical (unpaired) electrons. The predicted molar refractivity (Wildman–Crippen MR) is 176 cm³/mol. The second kappa shape index (κ2) is 13.9. The maximum absolute atomic E-state index is 14.1. The van der Waals surface area contributed by atoms with Gasteiger partial charge in [-0.15, -0.1) is 11.3 Å². The van der Waals surface area contributed by atoms with E-state index in [1.165, 1.54) is 16.9 Å². The number of anilines is 1. The molecule has 0 bridgehead atoms. The van der Waals surface area contributed by atoms with Gasteiger partial charge in [-0.1, -0.05) is 61.9 Å². The highest BCUT2D eigenvalue weighted by Crippen LogP contribution is 2.38. The number of benzene rings is 2. The summed E-state index contributed by atoms with van der Waals surface area (Å²) in [6.07, 6.45) is 4.75.